The molecular weight excluding hydrogens is 281 g/mol. The zero-order valence-corrected chi connectivity index (χ0v) is 11.7. The Bertz CT molecular complexity index is 508. The summed E-state index contributed by atoms with van der Waals surface area (Å²) in [6.45, 7) is 0.441. The third-order valence-electron chi connectivity index (χ3n) is 3.80. The fourth-order valence-electron chi connectivity index (χ4n) is 2.65. The van der Waals surface area contributed by atoms with E-state index in [4.69, 9.17) is 15.9 Å². The first-order valence-corrected chi connectivity index (χ1v) is 7.06. The Hall–Kier alpha value is -1.72. The Balaban J connectivity index is 2.11. The number of amidine groups is 1. The van der Waals surface area contributed by atoms with Crippen LogP contribution in [0, 0.1) is 11.3 Å². The molecule has 0 aliphatic heterocycles. The molecule has 0 unspecified atom stereocenters. The van der Waals surface area contributed by atoms with Gasteiger partial charge in [-0.05, 0) is 37.0 Å². The Morgan fingerprint density at radius 1 is 1.24 bits per heavy atom. The molecule has 1 aliphatic rings. The molecule has 0 radical (unpaired) electrons. The van der Waals surface area contributed by atoms with Crippen LogP contribution in [0.4, 0.5) is 13.2 Å². The number of nitrogens with one attached hydrogen (secondary N) is 1. The molecule has 0 aromatic heterocycles. The predicted octanol–water partition coefficient (Wildman–Crippen LogP) is 3.95. The minimum Gasteiger partial charge on any atom is -0.493 e. The van der Waals surface area contributed by atoms with Crippen LogP contribution >= 0.6 is 0 Å². The number of nitrogen functional groups attached to an aromatic ring is 1. The third-order valence-corrected chi connectivity index (χ3v) is 3.80. The summed E-state index contributed by atoms with van der Waals surface area (Å²) in [5, 5.41) is 7.23. The molecule has 6 heteroatoms. The molecule has 1 aromatic carbocycles. The lowest BCUT2D eigenvalue weighted by molar-refractivity contribution is -0.137. The van der Waals surface area contributed by atoms with Crippen molar-refractivity contribution in [2.75, 3.05) is 6.61 Å². The second-order valence-electron chi connectivity index (χ2n) is 5.43. The summed E-state index contributed by atoms with van der Waals surface area (Å²) >= 11 is 0. The molecule has 0 atom stereocenters. The van der Waals surface area contributed by atoms with Crippen LogP contribution in [0.1, 0.15) is 43.2 Å². The van der Waals surface area contributed by atoms with Crippen LogP contribution in [-0.2, 0) is 6.18 Å². The molecule has 1 aromatic rings. The summed E-state index contributed by atoms with van der Waals surface area (Å²) in [6.07, 6.45) is 1.12. The number of hydrogen-bond donors (Lipinski definition) is 2. The van der Waals surface area contributed by atoms with Crippen LogP contribution in [0.15, 0.2) is 18.2 Å². The van der Waals surface area contributed by atoms with E-state index in [1.807, 2.05) is 0 Å². The zero-order chi connectivity index (χ0) is 15.5. The molecule has 21 heavy (non-hydrogen) atoms. The summed E-state index contributed by atoms with van der Waals surface area (Å²) in [5.74, 6) is -0.000348. The van der Waals surface area contributed by atoms with Gasteiger partial charge in [0.2, 0.25) is 0 Å². The number of hydrogen-bond acceptors (Lipinski definition) is 2. The first-order chi connectivity index (χ1) is 9.88. The highest BCUT2D eigenvalue weighted by molar-refractivity contribution is 5.96. The van der Waals surface area contributed by atoms with E-state index in [9.17, 15) is 13.2 Å². The number of alkyl halides is 3. The second-order valence-corrected chi connectivity index (χ2v) is 5.43. The summed E-state index contributed by atoms with van der Waals surface area (Å²) in [4.78, 5) is 0. The molecule has 3 N–H and O–H groups in total. The maximum absolute atomic E-state index is 13.0. The fraction of sp³-hybridized carbons (Fsp3) is 0.533. The lowest BCUT2D eigenvalue weighted by Crippen LogP contribution is -2.19. The second kappa shape index (κ2) is 6.37. The standard InChI is InChI=1S/C15H19F3N2O/c16-15(17,18)13-8-11(6-7-12(13)14(19)20)21-9-10-4-2-1-3-5-10/h6-8,10H,1-5,9H2,(H3,19,20). The van der Waals surface area contributed by atoms with Crippen molar-refractivity contribution in [1.29, 1.82) is 5.41 Å². The Morgan fingerprint density at radius 3 is 2.48 bits per heavy atom. The molecule has 116 valence electrons. The van der Waals surface area contributed by atoms with Crippen molar-refractivity contribution >= 4 is 5.84 Å². The van der Waals surface area contributed by atoms with Gasteiger partial charge in [-0.15, -0.1) is 0 Å². The molecule has 0 spiro atoms. The highest BCUT2D eigenvalue weighted by Gasteiger charge is 2.34. The van der Waals surface area contributed by atoms with Gasteiger partial charge in [0.15, 0.2) is 0 Å². The fourth-order valence-corrected chi connectivity index (χ4v) is 2.65. The maximum Gasteiger partial charge on any atom is 0.417 e. The van der Waals surface area contributed by atoms with E-state index in [-0.39, 0.29) is 11.3 Å². The SMILES string of the molecule is N=C(N)c1ccc(OCC2CCCCC2)cc1C(F)(F)F. The number of halogens is 3. The first-order valence-electron chi connectivity index (χ1n) is 7.06. The molecule has 0 saturated heterocycles. The van der Waals surface area contributed by atoms with Crippen molar-refractivity contribution < 1.29 is 17.9 Å². The van der Waals surface area contributed by atoms with E-state index in [1.165, 1.54) is 18.6 Å². The van der Waals surface area contributed by atoms with Gasteiger partial charge < -0.3 is 10.5 Å². The Kier molecular flexibility index (Phi) is 4.75. The largest absolute Gasteiger partial charge is 0.493 e. The summed E-state index contributed by atoms with van der Waals surface area (Å²) in [6, 6.07) is 3.57. The molecule has 1 saturated carbocycles. The van der Waals surface area contributed by atoms with E-state index in [2.05, 4.69) is 0 Å². The van der Waals surface area contributed by atoms with Crippen molar-refractivity contribution in [3.63, 3.8) is 0 Å². The number of rotatable bonds is 4. The molecule has 0 bridgehead atoms. The minimum atomic E-state index is -4.55. The minimum absolute atomic E-state index is 0.179. The summed E-state index contributed by atoms with van der Waals surface area (Å²) in [7, 11) is 0. The number of benzene rings is 1. The van der Waals surface area contributed by atoms with Gasteiger partial charge in [0.25, 0.3) is 0 Å². The van der Waals surface area contributed by atoms with Crippen LogP contribution < -0.4 is 10.5 Å². The van der Waals surface area contributed by atoms with Crippen LogP contribution in [-0.4, -0.2) is 12.4 Å². The van der Waals surface area contributed by atoms with Crippen molar-refractivity contribution in [3.05, 3.63) is 29.3 Å². The molecule has 1 aliphatic carbocycles. The third kappa shape index (κ3) is 4.12. The summed E-state index contributed by atoms with van der Waals surface area (Å²) in [5.41, 5.74) is 3.96. The molecule has 0 amide bonds. The van der Waals surface area contributed by atoms with Crippen LogP contribution in [0.3, 0.4) is 0 Å². The lowest BCUT2D eigenvalue weighted by Gasteiger charge is -2.22. The van der Waals surface area contributed by atoms with Crippen LogP contribution in [0.2, 0.25) is 0 Å². The number of nitrogens with two attached hydrogens (primary N) is 1. The van der Waals surface area contributed by atoms with Gasteiger partial charge >= 0.3 is 6.18 Å². The van der Waals surface area contributed by atoms with Crippen LogP contribution in [0.25, 0.3) is 0 Å². The van der Waals surface area contributed by atoms with Gasteiger partial charge in [-0.25, -0.2) is 0 Å². The first kappa shape index (κ1) is 15.7. The smallest absolute Gasteiger partial charge is 0.417 e. The molecule has 0 heterocycles. The molecule has 1 fully saturated rings. The van der Waals surface area contributed by atoms with Gasteiger partial charge in [0.1, 0.15) is 11.6 Å². The molecule has 3 nitrogen and oxygen atoms in total. The van der Waals surface area contributed by atoms with Gasteiger partial charge in [-0.3, -0.25) is 5.41 Å². The van der Waals surface area contributed by atoms with Crippen LogP contribution in [0.5, 0.6) is 5.75 Å². The lowest BCUT2D eigenvalue weighted by atomic mass is 9.90. The highest BCUT2D eigenvalue weighted by Crippen LogP contribution is 2.34. The monoisotopic (exact) mass is 300 g/mol. The average molecular weight is 300 g/mol. The van der Waals surface area contributed by atoms with E-state index < -0.39 is 17.6 Å². The van der Waals surface area contributed by atoms with E-state index in [1.54, 1.807) is 0 Å². The zero-order valence-electron chi connectivity index (χ0n) is 11.7. The Labute approximate surface area is 121 Å². The van der Waals surface area contributed by atoms with Crippen molar-refractivity contribution in [1.82, 2.24) is 0 Å². The van der Waals surface area contributed by atoms with Gasteiger partial charge in [0.05, 0.1) is 12.2 Å². The Morgan fingerprint density at radius 2 is 1.90 bits per heavy atom. The van der Waals surface area contributed by atoms with E-state index in [0.29, 0.717) is 12.5 Å². The topological polar surface area (TPSA) is 59.1 Å². The van der Waals surface area contributed by atoms with Gasteiger partial charge in [-0.2, -0.15) is 13.2 Å². The molecule has 2 rings (SSSR count). The molecular formula is C15H19F3N2O. The van der Waals surface area contributed by atoms with Gasteiger partial charge in [0, 0.05) is 5.56 Å². The van der Waals surface area contributed by atoms with Crippen molar-refractivity contribution in [3.8, 4) is 5.75 Å². The quantitative estimate of drug-likeness (QED) is 0.653. The summed E-state index contributed by atoms with van der Waals surface area (Å²) < 4.78 is 44.4. The highest BCUT2D eigenvalue weighted by atomic mass is 19.4. The predicted molar refractivity (Wildman–Crippen MR) is 74.5 cm³/mol. The van der Waals surface area contributed by atoms with E-state index >= 15 is 0 Å². The normalized spacial score (nSPS) is 16.7. The van der Waals surface area contributed by atoms with Crippen molar-refractivity contribution in [2.24, 2.45) is 11.7 Å². The average Bonchev–Trinajstić information content (AvgIpc) is 2.45. The number of ether oxygens (including phenoxy) is 1. The maximum atomic E-state index is 13.0. The van der Waals surface area contributed by atoms with Gasteiger partial charge in [-0.1, -0.05) is 19.3 Å². The van der Waals surface area contributed by atoms with E-state index in [0.717, 1.165) is 31.7 Å². The van der Waals surface area contributed by atoms with Crippen molar-refractivity contribution in [2.45, 2.75) is 38.3 Å².